The number of benzene rings is 4. The number of phenolic OH excluding ortho intramolecular Hbond substituents is 1. The fraction of sp³-hybridized carbons (Fsp3) is 0.227. The molecule has 0 aliphatic heterocycles. The molecule has 0 spiro atoms. The van der Waals surface area contributed by atoms with E-state index in [2.05, 4.69) is 126 Å². The van der Waals surface area contributed by atoms with E-state index in [-0.39, 0.29) is 43.6 Å². The first-order valence-corrected chi connectivity index (χ1v) is 16.6. The van der Waals surface area contributed by atoms with Crippen LogP contribution in [0.3, 0.4) is 0 Å². The SMILES string of the molecule is CC(c1ccccc1)c1ccnc(N(c2[c-]c(-c3cccc(-c4cc(C(C)(C)C)cc(C(C)(C)C)c4O)n3)ccc2)c2ccccc2)c1.[Pt]. The molecule has 6 aromatic rings. The molecule has 6 rings (SSSR count). The van der Waals surface area contributed by atoms with Crippen molar-refractivity contribution in [3.05, 3.63) is 156 Å². The first-order chi connectivity index (χ1) is 22.9. The van der Waals surface area contributed by atoms with Crippen LogP contribution in [0.4, 0.5) is 17.2 Å². The molecule has 0 aliphatic carbocycles. The van der Waals surface area contributed by atoms with Crippen molar-refractivity contribution >= 4 is 17.2 Å². The number of nitrogens with zero attached hydrogens (tertiary/aromatic N) is 3. The maximum atomic E-state index is 11.6. The Hall–Kier alpha value is -4.53. The molecule has 0 bridgehead atoms. The smallest absolute Gasteiger partial charge is 0.136 e. The van der Waals surface area contributed by atoms with Crippen LogP contribution >= 0.6 is 0 Å². The number of hydrogen-bond acceptors (Lipinski definition) is 4. The molecule has 5 heteroatoms. The number of para-hydroxylation sites is 1. The van der Waals surface area contributed by atoms with Crippen LogP contribution in [0.2, 0.25) is 0 Å². The quantitative estimate of drug-likeness (QED) is 0.163. The minimum Gasteiger partial charge on any atom is -0.507 e. The molecule has 4 nitrogen and oxygen atoms in total. The summed E-state index contributed by atoms with van der Waals surface area (Å²) in [7, 11) is 0. The van der Waals surface area contributed by atoms with Crippen LogP contribution in [0, 0.1) is 6.07 Å². The average Bonchev–Trinajstić information content (AvgIpc) is 3.08. The monoisotopic (exact) mass is 825 g/mol. The number of pyridine rings is 2. The van der Waals surface area contributed by atoms with Gasteiger partial charge in [-0.1, -0.05) is 115 Å². The standard InChI is InChI=1S/C44H44N3O.Pt/c1-30(31-16-10-8-11-17-31)32-24-25-45-41(27-32)47(35-19-12-9-13-20-35)36-21-14-18-33(26-36)39-22-15-23-40(46-39)37-28-34(43(2,3)4)29-38(42(37)48)44(5,6)7;/h8-25,27-30,48H,1-7H3;/q-1;. The van der Waals surface area contributed by atoms with Crippen molar-refractivity contribution in [1.82, 2.24) is 9.97 Å². The third-order valence-electron chi connectivity index (χ3n) is 8.92. The van der Waals surface area contributed by atoms with Gasteiger partial charge in [-0.15, -0.1) is 29.8 Å². The van der Waals surface area contributed by atoms with Crippen LogP contribution in [-0.2, 0) is 31.9 Å². The summed E-state index contributed by atoms with van der Waals surface area (Å²) in [6, 6.07) is 45.1. The number of phenols is 1. The fourth-order valence-electron chi connectivity index (χ4n) is 6.04. The summed E-state index contributed by atoms with van der Waals surface area (Å²) >= 11 is 0. The van der Waals surface area contributed by atoms with E-state index in [0.717, 1.165) is 50.8 Å². The summed E-state index contributed by atoms with van der Waals surface area (Å²) in [6.07, 6.45) is 1.89. The molecule has 0 amide bonds. The second-order valence-electron chi connectivity index (χ2n) is 14.5. The predicted molar refractivity (Wildman–Crippen MR) is 199 cm³/mol. The molecular weight excluding hydrogens is 782 g/mol. The zero-order valence-electron chi connectivity index (χ0n) is 29.3. The molecule has 0 saturated heterocycles. The zero-order chi connectivity index (χ0) is 34.1. The van der Waals surface area contributed by atoms with Crippen molar-refractivity contribution in [3.8, 4) is 28.3 Å². The van der Waals surface area contributed by atoms with Crippen LogP contribution in [0.15, 0.2) is 128 Å². The van der Waals surface area contributed by atoms with Gasteiger partial charge in [-0.2, -0.15) is 0 Å². The van der Waals surface area contributed by atoms with Crippen LogP contribution in [-0.4, -0.2) is 15.1 Å². The van der Waals surface area contributed by atoms with E-state index in [1.807, 2.05) is 60.8 Å². The molecule has 0 aliphatic rings. The van der Waals surface area contributed by atoms with E-state index in [9.17, 15) is 5.11 Å². The van der Waals surface area contributed by atoms with Gasteiger partial charge in [0.15, 0.2) is 0 Å². The molecule has 4 aromatic carbocycles. The first-order valence-electron chi connectivity index (χ1n) is 16.6. The second kappa shape index (κ2) is 14.5. The van der Waals surface area contributed by atoms with Gasteiger partial charge >= 0.3 is 0 Å². The summed E-state index contributed by atoms with van der Waals surface area (Å²) in [4.78, 5) is 12.1. The van der Waals surface area contributed by atoms with Crippen molar-refractivity contribution in [3.63, 3.8) is 0 Å². The molecule has 2 aromatic heterocycles. The second-order valence-corrected chi connectivity index (χ2v) is 14.5. The minimum atomic E-state index is -0.231. The van der Waals surface area contributed by atoms with Crippen molar-refractivity contribution in [2.75, 3.05) is 4.90 Å². The predicted octanol–water partition coefficient (Wildman–Crippen LogP) is 11.5. The Morgan fingerprint density at radius 2 is 1.33 bits per heavy atom. The van der Waals surface area contributed by atoms with E-state index in [1.165, 1.54) is 11.1 Å². The largest absolute Gasteiger partial charge is 0.507 e. The maximum absolute atomic E-state index is 11.6. The molecule has 0 fully saturated rings. The van der Waals surface area contributed by atoms with E-state index < -0.39 is 0 Å². The van der Waals surface area contributed by atoms with Gasteiger partial charge in [0.25, 0.3) is 0 Å². The summed E-state index contributed by atoms with van der Waals surface area (Å²) in [5.74, 6) is 1.30. The zero-order valence-corrected chi connectivity index (χ0v) is 31.6. The molecule has 1 N–H and O–H groups in total. The van der Waals surface area contributed by atoms with Gasteiger partial charge in [-0.05, 0) is 75.3 Å². The van der Waals surface area contributed by atoms with Crippen molar-refractivity contribution in [1.29, 1.82) is 0 Å². The van der Waals surface area contributed by atoms with E-state index in [1.54, 1.807) is 0 Å². The Kier molecular flexibility index (Phi) is 10.6. The van der Waals surface area contributed by atoms with Crippen LogP contribution in [0.5, 0.6) is 5.75 Å². The van der Waals surface area contributed by atoms with Gasteiger partial charge in [-0.25, -0.2) is 4.98 Å². The maximum Gasteiger partial charge on any atom is 0.136 e. The number of rotatable bonds is 7. The van der Waals surface area contributed by atoms with Crippen LogP contribution in [0.1, 0.15) is 76.6 Å². The Morgan fingerprint density at radius 3 is 2.00 bits per heavy atom. The number of anilines is 3. The summed E-state index contributed by atoms with van der Waals surface area (Å²) in [5, 5.41) is 11.6. The van der Waals surface area contributed by atoms with Crippen molar-refractivity contribution in [2.45, 2.75) is 65.2 Å². The summed E-state index contributed by atoms with van der Waals surface area (Å²) in [6.45, 7) is 15.2. The van der Waals surface area contributed by atoms with Gasteiger partial charge in [0.05, 0.1) is 5.69 Å². The van der Waals surface area contributed by atoms with E-state index in [4.69, 9.17) is 9.97 Å². The average molecular weight is 826 g/mol. The molecule has 252 valence electrons. The van der Waals surface area contributed by atoms with Crippen molar-refractivity contribution in [2.24, 2.45) is 0 Å². The van der Waals surface area contributed by atoms with Gasteiger partial charge < -0.3 is 10.0 Å². The van der Waals surface area contributed by atoms with E-state index in [0.29, 0.717) is 0 Å². The van der Waals surface area contributed by atoms with Gasteiger partial charge in [-0.3, -0.25) is 4.98 Å². The third kappa shape index (κ3) is 7.87. The molecule has 0 saturated carbocycles. The molecule has 2 heterocycles. The number of aromatic nitrogens is 2. The summed E-state index contributed by atoms with van der Waals surface area (Å²) in [5.41, 5.74) is 9.15. The first kappa shape index (κ1) is 35.8. The molecule has 1 atom stereocenters. The fourth-order valence-corrected chi connectivity index (χ4v) is 6.04. The summed E-state index contributed by atoms with van der Waals surface area (Å²) < 4.78 is 0. The Labute approximate surface area is 306 Å². The molecular formula is C44H44N3OPt-. The Bertz CT molecular complexity index is 2030. The normalized spacial score (nSPS) is 12.2. The third-order valence-corrected chi connectivity index (χ3v) is 8.92. The molecule has 0 radical (unpaired) electrons. The number of hydrogen-bond donors (Lipinski definition) is 1. The van der Waals surface area contributed by atoms with E-state index >= 15 is 0 Å². The van der Waals surface area contributed by atoms with Crippen LogP contribution in [0.25, 0.3) is 22.5 Å². The Balaban J connectivity index is 0.00000468. The van der Waals surface area contributed by atoms with Gasteiger partial charge in [0.2, 0.25) is 0 Å². The van der Waals surface area contributed by atoms with Crippen molar-refractivity contribution < 1.29 is 26.2 Å². The van der Waals surface area contributed by atoms with Gasteiger partial charge in [0, 0.05) is 50.0 Å². The molecule has 49 heavy (non-hydrogen) atoms. The minimum absolute atomic E-state index is 0. The van der Waals surface area contributed by atoms with Gasteiger partial charge in [0.1, 0.15) is 11.6 Å². The Morgan fingerprint density at radius 1 is 0.673 bits per heavy atom. The number of aromatic hydroxyl groups is 1. The topological polar surface area (TPSA) is 49.2 Å². The van der Waals surface area contributed by atoms with Crippen LogP contribution < -0.4 is 4.90 Å². The molecule has 1 unspecified atom stereocenters.